The van der Waals surface area contributed by atoms with Crippen LogP contribution in [0.2, 0.25) is 0 Å². The summed E-state index contributed by atoms with van der Waals surface area (Å²) in [4.78, 5) is 0. The lowest BCUT2D eigenvalue weighted by Gasteiger charge is -2.08. The lowest BCUT2D eigenvalue weighted by molar-refractivity contribution is 0.414. The normalized spacial score (nSPS) is 10.8. The molecular formula is C19H20FN3OS. The summed E-state index contributed by atoms with van der Waals surface area (Å²) in [5, 5.41) is 9.56. The molecular weight excluding hydrogens is 337 g/mol. The number of ether oxygens (including phenoxy) is 1. The number of aromatic nitrogens is 3. The minimum atomic E-state index is -0.216. The number of hydrogen-bond acceptors (Lipinski definition) is 4. The predicted molar refractivity (Wildman–Crippen MR) is 97.5 cm³/mol. The van der Waals surface area contributed by atoms with E-state index in [1.54, 1.807) is 31.0 Å². The molecule has 0 aliphatic carbocycles. The van der Waals surface area contributed by atoms with Gasteiger partial charge in [0.05, 0.1) is 7.11 Å². The Morgan fingerprint density at radius 1 is 1.00 bits per heavy atom. The SMILES string of the molecule is CCn1c(Cc2ccc(OC)cc2)nnc1SCc1ccc(F)cc1. The first-order chi connectivity index (χ1) is 12.2. The zero-order valence-electron chi connectivity index (χ0n) is 14.3. The van der Waals surface area contributed by atoms with Crippen molar-refractivity contribution in [2.45, 2.75) is 30.8 Å². The predicted octanol–water partition coefficient (Wildman–Crippen LogP) is 4.33. The Balaban J connectivity index is 1.70. The topological polar surface area (TPSA) is 39.9 Å². The molecule has 0 N–H and O–H groups in total. The second-order valence-corrected chi connectivity index (χ2v) is 6.53. The first-order valence-electron chi connectivity index (χ1n) is 8.12. The van der Waals surface area contributed by atoms with Crippen molar-refractivity contribution in [1.29, 1.82) is 0 Å². The van der Waals surface area contributed by atoms with E-state index in [-0.39, 0.29) is 5.82 Å². The average Bonchev–Trinajstić information content (AvgIpc) is 3.03. The van der Waals surface area contributed by atoms with Gasteiger partial charge < -0.3 is 9.30 Å². The van der Waals surface area contributed by atoms with Crippen LogP contribution < -0.4 is 4.74 Å². The van der Waals surface area contributed by atoms with E-state index in [4.69, 9.17) is 4.74 Å². The molecule has 0 amide bonds. The maximum atomic E-state index is 13.0. The van der Waals surface area contributed by atoms with Gasteiger partial charge in [0.1, 0.15) is 17.4 Å². The highest BCUT2D eigenvalue weighted by Crippen LogP contribution is 2.23. The number of rotatable bonds is 7. The van der Waals surface area contributed by atoms with Gasteiger partial charge in [-0.25, -0.2) is 4.39 Å². The van der Waals surface area contributed by atoms with E-state index in [2.05, 4.69) is 21.7 Å². The number of benzene rings is 2. The molecule has 25 heavy (non-hydrogen) atoms. The number of hydrogen-bond donors (Lipinski definition) is 0. The van der Waals surface area contributed by atoms with Gasteiger partial charge in [0.25, 0.3) is 0 Å². The number of halogens is 1. The molecule has 0 aliphatic heterocycles. The van der Waals surface area contributed by atoms with Gasteiger partial charge in [-0.1, -0.05) is 36.0 Å². The van der Waals surface area contributed by atoms with E-state index < -0.39 is 0 Å². The van der Waals surface area contributed by atoms with Crippen molar-refractivity contribution >= 4 is 11.8 Å². The van der Waals surface area contributed by atoms with E-state index in [0.29, 0.717) is 0 Å². The number of methoxy groups -OCH3 is 1. The Bertz CT molecular complexity index is 816. The minimum absolute atomic E-state index is 0.216. The Morgan fingerprint density at radius 2 is 1.68 bits per heavy atom. The second kappa shape index (κ2) is 8.16. The van der Waals surface area contributed by atoms with Crippen LogP contribution in [0.4, 0.5) is 4.39 Å². The Morgan fingerprint density at radius 3 is 2.32 bits per heavy atom. The van der Waals surface area contributed by atoms with Crippen molar-refractivity contribution in [3.05, 3.63) is 71.3 Å². The maximum Gasteiger partial charge on any atom is 0.191 e. The number of thioether (sulfide) groups is 1. The summed E-state index contributed by atoms with van der Waals surface area (Å²) >= 11 is 1.61. The molecule has 4 nitrogen and oxygen atoms in total. The van der Waals surface area contributed by atoms with Gasteiger partial charge in [-0.3, -0.25) is 0 Å². The van der Waals surface area contributed by atoms with Crippen molar-refractivity contribution < 1.29 is 9.13 Å². The summed E-state index contributed by atoms with van der Waals surface area (Å²) in [5.74, 6) is 2.30. The van der Waals surface area contributed by atoms with Crippen molar-refractivity contribution in [1.82, 2.24) is 14.8 Å². The van der Waals surface area contributed by atoms with Crippen molar-refractivity contribution in [3.8, 4) is 5.75 Å². The molecule has 2 aromatic carbocycles. The lowest BCUT2D eigenvalue weighted by Crippen LogP contribution is -2.04. The highest BCUT2D eigenvalue weighted by atomic mass is 32.2. The lowest BCUT2D eigenvalue weighted by atomic mass is 10.1. The molecule has 0 radical (unpaired) electrons. The molecule has 3 rings (SSSR count). The van der Waals surface area contributed by atoms with Crippen LogP contribution in [-0.2, 0) is 18.7 Å². The summed E-state index contributed by atoms with van der Waals surface area (Å²) in [6, 6.07) is 14.5. The van der Waals surface area contributed by atoms with Crippen molar-refractivity contribution in [2.24, 2.45) is 0 Å². The molecule has 0 saturated carbocycles. The summed E-state index contributed by atoms with van der Waals surface area (Å²) in [6.07, 6.45) is 0.724. The first-order valence-corrected chi connectivity index (χ1v) is 9.10. The van der Waals surface area contributed by atoms with Gasteiger partial charge in [-0.2, -0.15) is 0 Å². The van der Waals surface area contributed by atoms with Crippen LogP contribution in [0.25, 0.3) is 0 Å². The smallest absolute Gasteiger partial charge is 0.191 e. The quantitative estimate of drug-likeness (QED) is 0.590. The van der Waals surface area contributed by atoms with Gasteiger partial charge in [0.2, 0.25) is 0 Å². The zero-order valence-corrected chi connectivity index (χ0v) is 15.1. The van der Waals surface area contributed by atoms with Gasteiger partial charge in [0.15, 0.2) is 5.16 Å². The molecule has 3 aromatic rings. The molecule has 130 valence electrons. The molecule has 0 aliphatic rings. The Labute approximate surface area is 151 Å². The molecule has 0 atom stereocenters. The van der Waals surface area contributed by atoms with Crippen LogP contribution in [0.15, 0.2) is 53.7 Å². The minimum Gasteiger partial charge on any atom is -0.497 e. The molecule has 0 spiro atoms. The van der Waals surface area contributed by atoms with E-state index in [1.165, 1.54) is 12.1 Å². The summed E-state index contributed by atoms with van der Waals surface area (Å²) < 4.78 is 20.3. The average molecular weight is 357 g/mol. The highest BCUT2D eigenvalue weighted by molar-refractivity contribution is 7.98. The standard InChI is InChI=1S/C19H20FN3OS/c1-3-23-18(12-14-6-10-17(24-2)11-7-14)21-22-19(23)25-13-15-4-8-16(20)9-5-15/h4-11H,3,12-13H2,1-2H3. The van der Waals surface area contributed by atoms with Crippen LogP contribution >= 0.6 is 11.8 Å². The second-order valence-electron chi connectivity index (χ2n) is 5.58. The van der Waals surface area contributed by atoms with Crippen LogP contribution in [-0.4, -0.2) is 21.9 Å². The van der Waals surface area contributed by atoms with Gasteiger partial charge >= 0.3 is 0 Å². The van der Waals surface area contributed by atoms with Crippen molar-refractivity contribution in [3.63, 3.8) is 0 Å². The Hall–Kier alpha value is -2.34. The van der Waals surface area contributed by atoms with Gasteiger partial charge in [0, 0.05) is 18.7 Å². The van der Waals surface area contributed by atoms with E-state index in [0.717, 1.165) is 46.6 Å². The summed E-state index contributed by atoms with van der Waals surface area (Å²) in [7, 11) is 1.66. The fourth-order valence-corrected chi connectivity index (χ4v) is 3.51. The molecule has 6 heteroatoms. The third-order valence-electron chi connectivity index (χ3n) is 3.91. The highest BCUT2D eigenvalue weighted by Gasteiger charge is 2.12. The van der Waals surface area contributed by atoms with E-state index >= 15 is 0 Å². The summed E-state index contributed by atoms with van der Waals surface area (Å²) in [6.45, 7) is 2.90. The van der Waals surface area contributed by atoms with Gasteiger partial charge in [-0.05, 0) is 42.3 Å². The fraction of sp³-hybridized carbons (Fsp3) is 0.263. The van der Waals surface area contributed by atoms with Crippen LogP contribution in [0.3, 0.4) is 0 Å². The molecule has 1 heterocycles. The van der Waals surface area contributed by atoms with E-state index in [1.807, 2.05) is 24.3 Å². The fourth-order valence-electron chi connectivity index (χ4n) is 2.53. The molecule has 0 fully saturated rings. The first kappa shape index (κ1) is 17.5. The molecule has 0 saturated heterocycles. The van der Waals surface area contributed by atoms with Crippen molar-refractivity contribution in [2.75, 3.05) is 7.11 Å². The van der Waals surface area contributed by atoms with Gasteiger partial charge in [-0.15, -0.1) is 10.2 Å². The van der Waals surface area contributed by atoms with Crippen LogP contribution in [0.5, 0.6) is 5.75 Å². The summed E-state index contributed by atoms with van der Waals surface area (Å²) in [5.41, 5.74) is 2.23. The van der Waals surface area contributed by atoms with Crippen LogP contribution in [0.1, 0.15) is 23.9 Å². The zero-order chi connectivity index (χ0) is 17.6. The molecule has 0 bridgehead atoms. The molecule has 1 aromatic heterocycles. The largest absolute Gasteiger partial charge is 0.497 e. The number of nitrogens with zero attached hydrogens (tertiary/aromatic N) is 3. The third-order valence-corrected chi connectivity index (χ3v) is 4.95. The van der Waals surface area contributed by atoms with E-state index in [9.17, 15) is 4.39 Å². The monoisotopic (exact) mass is 357 g/mol. The maximum absolute atomic E-state index is 13.0. The third kappa shape index (κ3) is 4.39. The Kier molecular flexibility index (Phi) is 5.71. The molecule has 0 unspecified atom stereocenters. The van der Waals surface area contributed by atoms with Crippen LogP contribution in [0, 0.1) is 5.82 Å².